The molecule has 0 amide bonds. The summed E-state index contributed by atoms with van der Waals surface area (Å²) in [7, 11) is 1.93. The molecule has 0 saturated heterocycles. The van der Waals surface area contributed by atoms with Gasteiger partial charge in [0.2, 0.25) is 0 Å². The summed E-state index contributed by atoms with van der Waals surface area (Å²) >= 11 is 0. The Morgan fingerprint density at radius 2 is 1.54 bits per heavy atom. The number of nitrogens with one attached hydrogen (secondary N) is 2. The molecule has 194 valence electrons. The van der Waals surface area contributed by atoms with Crippen LogP contribution >= 0.6 is 0 Å². The smallest absolute Gasteiger partial charge is 0.0390 e. The van der Waals surface area contributed by atoms with Crippen LogP contribution in [0.2, 0.25) is 0 Å². The van der Waals surface area contributed by atoms with Gasteiger partial charge in [0.1, 0.15) is 0 Å². The summed E-state index contributed by atoms with van der Waals surface area (Å²) in [5.41, 5.74) is 12.3. The van der Waals surface area contributed by atoms with Crippen molar-refractivity contribution in [2.45, 2.75) is 26.2 Å². The fraction of sp³-hybridized carbons (Fsp3) is 0.135. The van der Waals surface area contributed by atoms with Crippen LogP contribution < -0.4 is 10.6 Å². The van der Waals surface area contributed by atoms with E-state index >= 15 is 0 Å². The summed E-state index contributed by atoms with van der Waals surface area (Å²) in [5, 5.41) is 6.78. The Balaban J connectivity index is 1.49. The van der Waals surface area contributed by atoms with Gasteiger partial charge in [-0.05, 0) is 95.0 Å². The lowest BCUT2D eigenvalue weighted by molar-refractivity contribution is 1.04. The lowest BCUT2D eigenvalue weighted by atomic mass is 9.88. The van der Waals surface area contributed by atoms with E-state index < -0.39 is 0 Å². The highest BCUT2D eigenvalue weighted by Gasteiger charge is 2.14. The van der Waals surface area contributed by atoms with E-state index in [0.717, 1.165) is 36.2 Å². The fourth-order valence-electron chi connectivity index (χ4n) is 5.14. The summed E-state index contributed by atoms with van der Waals surface area (Å²) in [6.07, 6.45) is 16.2. The molecule has 1 aliphatic carbocycles. The second-order valence-electron chi connectivity index (χ2n) is 9.81. The van der Waals surface area contributed by atoms with Crippen molar-refractivity contribution in [2.24, 2.45) is 0 Å². The van der Waals surface area contributed by atoms with Crippen LogP contribution in [0.3, 0.4) is 0 Å². The van der Waals surface area contributed by atoms with Gasteiger partial charge < -0.3 is 10.6 Å². The van der Waals surface area contributed by atoms with Gasteiger partial charge >= 0.3 is 0 Å². The summed E-state index contributed by atoms with van der Waals surface area (Å²) in [6, 6.07) is 34.9. The van der Waals surface area contributed by atoms with Crippen LogP contribution in [0.5, 0.6) is 0 Å². The van der Waals surface area contributed by atoms with Crippen molar-refractivity contribution in [3.63, 3.8) is 0 Å². The molecule has 2 heteroatoms. The Kier molecular flexibility index (Phi) is 8.55. The largest absolute Gasteiger partial charge is 0.393 e. The first-order valence-electron chi connectivity index (χ1n) is 13.8. The number of hydrogen-bond donors (Lipinski definition) is 2. The molecule has 0 saturated carbocycles. The molecule has 39 heavy (non-hydrogen) atoms. The molecular weight excluding hydrogens is 472 g/mol. The average molecular weight is 509 g/mol. The Morgan fingerprint density at radius 1 is 0.769 bits per heavy atom. The third-order valence-electron chi connectivity index (χ3n) is 7.02. The zero-order valence-electron chi connectivity index (χ0n) is 22.8. The van der Waals surface area contributed by atoms with Crippen molar-refractivity contribution in [1.82, 2.24) is 5.32 Å². The molecule has 0 radical (unpaired) electrons. The highest BCUT2D eigenvalue weighted by molar-refractivity contribution is 5.89. The molecule has 0 aliphatic heterocycles. The van der Waals surface area contributed by atoms with E-state index in [2.05, 4.69) is 138 Å². The fourth-order valence-corrected chi connectivity index (χ4v) is 5.14. The highest BCUT2D eigenvalue weighted by atomic mass is 14.9. The quantitative estimate of drug-likeness (QED) is 0.220. The minimum absolute atomic E-state index is 0.912. The highest BCUT2D eigenvalue weighted by Crippen LogP contribution is 2.37. The first-order valence-corrected chi connectivity index (χ1v) is 13.8. The van der Waals surface area contributed by atoms with Gasteiger partial charge in [0, 0.05) is 24.6 Å². The van der Waals surface area contributed by atoms with Crippen molar-refractivity contribution >= 4 is 22.5 Å². The molecule has 0 aromatic heterocycles. The standard InChI is InChI=1S/C37H36N2/c1-3-12-32(27-38-2)29-19-21-33(22-20-29)39-34-23-24-36(37(26-34)30-15-8-5-9-16-30)35-18-11-10-17-31(35)25-28-13-6-4-7-14-28/h3-4,6-8,10-24,26-27,38-39H,5,9,25H2,1-2H3/b12-3-,32-27+. The molecule has 2 N–H and O–H groups in total. The van der Waals surface area contributed by atoms with E-state index in [-0.39, 0.29) is 0 Å². The van der Waals surface area contributed by atoms with E-state index in [1.807, 2.05) is 20.2 Å². The predicted octanol–water partition coefficient (Wildman–Crippen LogP) is 9.56. The number of benzene rings is 4. The van der Waals surface area contributed by atoms with Gasteiger partial charge in [0.25, 0.3) is 0 Å². The third kappa shape index (κ3) is 6.48. The number of anilines is 2. The number of hydrogen-bond acceptors (Lipinski definition) is 2. The summed E-state index contributed by atoms with van der Waals surface area (Å²) < 4.78 is 0. The zero-order valence-corrected chi connectivity index (χ0v) is 22.8. The maximum absolute atomic E-state index is 3.64. The maximum Gasteiger partial charge on any atom is 0.0390 e. The van der Waals surface area contributed by atoms with Crippen LogP contribution in [0.1, 0.15) is 42.0 Å². The number of allylic oxidation sites excluding steroid dienone is 7. The van der Waals surface area contributed by atoms with E-state index in [4.69, 9.17) is 0 Å². The molecule has 0 heterocycles. The lowest BCUT2D eigenvalue weighted by Gasteiger charge is -2.18. The van der Waals surface area contributed by atoms with E-state index in [1.54, 1.807) is 0 Å². The van der Waals surface area contributed by atoms with Crippen LogP contribution in [0, 0.1) is 0 Å². The van der Waals surface area contributed by atoms with Crippen LogP contribution in [-0.4, -0.2) is 7.05 Å². The van der Waals surface area contributed by atoms with E-state index in [0.29, 0.717) is 0 Å². The Bertz CT molecular complexity index is 1520. The molecule has 5 rings (SSSR count). The topological polar surface area (TPSA) is 24.1 Å². The molecular formula is C37H36N2. The van der Waals surface area contributed by atoms with Crippen molar-refractivity contribution < 1.29 is 0 Å². The summed E-state index contributed by atoms with van der Waals surface area (Å²) in [5.74, 6) is 0. The molecule has 1 aliphatic rings. The molecule has 2 nitrogen and oxygen atoms in total. The van der Waals surface area contributed by atoms with Crippen molar-refractivity contribution in [2.75, 3.05) is 12.4 Å². The van der Waals surface area contributed by atoms with Crippen molar-refractivity contribution in [3.05, 3.63) is 156 Å². The van der Waals surface area contributed by atoms with Crippen LogP contribution in [0.15, 0.2) is 134 Å². The molecule has 0 spiro atoms. The summed E-state index contributed by atoms with van der Waals surface area (Å²) in [4.78, 5) is 0. The molecule has 4 aromatic carbocycles. The van der Waals surface area contributed by atoms with E-state index in [1.165, 1.54) is 39.0 Å². The molecule has 0 bridgehead atoms. The van der Waals surface area contributed by atoms with Gasteiger partial charge in [0.05, 0.1) is 0 Å². The van der Waals surface area contributed by atoms with Crippen molar-refractivity contribution in [1.29, 1.82) is 0 Å². The molecule has 0 unspecified atom stereocenters. The van der Waals surface area contributed by atoms with Gasteiger partial charge in [0.15, 0.2) is 0 Å². The lowest BCUT2D eigenvalue weighted by Crippen LogP contribution is -1.98. The van der Waals surface area contributed by atoms with Gasteiger partial charge in [-0.25, -0.2) is 0 Å². The second-order valence-corrected chi connectivity index (χ2v) is 9.81. The zero-order chi connectivity index (χ0) is 26.9. The monoisotopic (exact) mass is 508 g/mol. The molecule has 0 fully saturated rings. The van der Waals surface area contributed by atoms with Crippen LogP contribution in [0.4, 0.5) is 11.4 Å². The minimum Gasteiger partial charge on any atom is -0.393 e. The van der Waals surface area contributed by atoms with Gasteiger partial charge in [-0.15, -0.1) is 0 Å². The Labute approximate surface area is 233 Å². The maximum atomic E-state index is 3.64. The van der Waals surface area contributed by atoms with Crippen LogP contribution in [0.25, 0.3) is 22.3 Å². The average Bonchev–Trinajstić information content (AvgIpc) is 2.99. The van der Waals surface area contributed by atoms with Gasteiger partial charge in [-0.1, -0.05) is 103 Å². The Morgan fingerprint density at radius 3 is 2.28 bits per heavy atom. The second kappa shape index (κ2) is 12.8. The SMILES string of the molecule is C/C=C\C(=C/NC)c1ccc(Nc2ccc(-c3ccccc3Cc3ccccc3)c(C3=CCCC=C3)c2)cc1. The number of rotatable bonds is 9. The van der Waals surface area contributed by atoms with Crippen LogP contribution in [-0.2, 0) is 6.42 Å². The first-order chi connectivity index (χ1) is 19.2. The molecule has 0 atom stereocenters. The van der Waals surface area contributed by atoms with Gasteiger partial charge in [-0.2, -0.15) is 0 Å². The molecule has 4 aromatic rings. The third-order valence-corrected chi connectivity index (χ3v) is 7.02. The Hall–Kier alpha value is -4.56. The van der Waals surface area contributed by atoms with E-state index in [9.17, 15) is 0 Å². The van der Waals surface area contributed by atoms with Gasteiger partial charge in [-0.3, -0.25) is 0 Å². The minimum atomic E-state index is 0.912. The summed E-state index contributed by atoms with van der Waals surface area (Å²) in [6.45, 7) is 2.04. The predicted molar refractivity (Wildman–Crippen MR) is 169 cm³/mol. The van der Waals surface area contributed by atoms with Crippen molar-refractivity contribution in [3.8, 4) is 11.1 Å². The first kappa shape index (κ1) is 26.1. The normalized spacial score (nSPS) is 13.4.